The van der Waals surface area contributed by atoms with E-state index in [1.54, 1.807) is 12.1 Å². The fourth-order valence-corrected chi connectivity index (χ4v) is 2.17. The predicted octanol–water partition coefficient (Wildman–Crippen LogP) is 3.04. The molecule has 0 aromatic heterocycles. The van der Waals surface area contributed by atoms with Gasteiger partial charge in [-0.1, -0.05) is 17.7 Å². The summed E-state index contributed by atoms with van der Waals surface area (Å²) >= 11 is 0. The molecular formula is C18H30F2N4O. The quantitative estimate of drug-likeness (QED) is 0.381. The second-order valence-electron chi connectivity index (χ2n) is 6.79. The van der Waals surface area contributed by atoms with Crippen LogP contribution in [0.4, 0.5) is 8.78 Å². The number of hydrogen-bond donors (Lipinski definition) is 3. The topological polar surface area (TPSA) is 57.7 Å². The number of nitrogens with one attached hydrogen (secondary N) is 3. The highest BCUT2D eigenvalue weighted by Gasteiger charge is 2.10. The van der Waals surface area contributed by atoms with Crippen LogP contribution in [0, 0.1) is 6.92 Å². The smallest absolute Gasteiger partial charge is 0.387 e. The van der Waals surface area contributed by atoms with Crippen molar-refractivity contribution in [1.29, 1.82) is 0 Å². The zero-order chi connectivity index (χ0) is 18.9. The molecule has 0 aliphatic heterocycles. The summed E-state index contributed by atoms with van der Waals surface area (Å²) in [6.45, 7) is 9.81. The third kappa shape index (κ3) is 9.24. The molecule has 0 amide bonds. The van der Waals surface area contributed by atoms with E-state index < -0.39 is 6.61 Å². The third-order valence-electron chi connectivity index (χ3n) is 3.26. The van der Waals surface area contributed by atoms with Crippen LogP contribution in [0.25, 0.3) is 0 Å². The number of hydrogen-bond acceptors (Lipinski definition) is 3. The van der Waals surface area contributed by atoms with Gasteiger partial charge in [-0.3, -0.25) is 0 Å². The Labute approximate surface area is 149 Å². The number of aliphatic imine (C=N–C) groups is 1. The van der Waals surface area contributed by atoms with Gasteiger partial charge in [0.25, 0.3) is 0 Å². The van der Waals surface area contributed by atoms with Crippen molar-refractivity contribution in [2.45, 2.75) is 53.3 Å². The standard InChI is InChI=1S/C18H30F2N4O/c1-6-21-17(22-9-10-24-18(3,4)5)23-12-14-11-13(2)7-8-15(14)25-16(19)20/h7-8,11,16,24H,6,9-10,12H2,1-5H3,(H2,21,22,23). The first kappa shape index (κ1) is 21.2. The largest absolute Gasteiger partial charge is 0.434 e. The van der Waals surface area contributed by atoms with E-state index in [2.05, 4.69) is 46.5 Å². The molecule has 0 unspecified atom stereocenters. The van der Waals surface area contributed by atoms with Gasteiger partial charge in [-0.15, -0.1) is 0 Å². The predicted molar refractivity (Wildman–Crippen MR) is 98.4 cm³/mol. The molecule has 1 aromatic rings. The number of ether oxygens (including phenoxy) is 1. The van der Waals surface area contributed by atoms with Crippen LogP contribution in [-0.4, -0.2) is 37.7 Å². The van der Waals surface area contributed by atoms with Gasteiger partial charge < -0.3 is 20.7 Å². The molecule has 7 heteroatoms. The van der Waals surface area contributed by atoms with Crippen molar-refractivity contribution in [3.05, 3.63) is 29.3 Å². The van der Waals surface area contributed by atoms with Crippen molar-refractivity contribution in [3.8, 4) is 5.75 Å². The maximum atomic E-state index is 12.5. The summed E-state index contributed by atoms with van der Waals surface area (Å²) in [6.07, 6.45) is 0. The number of rotatable bonds is 8. The molecule has 0 fully saturated rings. The normalized spacial score (nSPS) is 12.4. The van der Waals surface area contributed by atoms with Crippen molar-refractivity contribution < 1.29 is 13.5 Å². The van der Waals surface area contributed by atoms with E-state index in [0.717, 1.165) is 12.1 Å². The molecular weight excluding hydrogens is 326 g/mol. The first-order valence-electron chi connectivity index (χ1n) is 8.53. The van der Waals surface area contributed by atoms with Crippen molar-refractivity contribution >= 4 is 5.96 Å². The lowest BCUT2D eigenvalue weighted by Gasteiger charge is -2.21. The first-order valence-corrected chi connectivity index (χ1v) is 8.53. The van der Waals surface area contributed by atoms with Gasteiger partial charge in [0.05, 0.1) is 6.54 Å². The maximum absolute atomic E-state index is 12.5. The van der Waals surface area contributed by atoms with Crippen molar-refractivity contribution in [1.82, 2.24) is 16.0 Å². The summed E-state index contributed by atoms with van der Waals surface area (Å²) in [5.74, 6) is 0.803. The second-order valence-corrected chi connectivity index (χ2v) is 6.79. The van der Waals surface area contributed by atoms with Crippen LogP contribution in [0.15, 0.2) is 23.2 Å². The summed E-state index contributed by atoms with van der Waals surface area (Å²) in [7, 11) is 0. The molecule has 0 aliphatic carbocycles. The summed E-state index contributed by atoms with van der Waals surface area (Å²) in [5, 5.41) is 9.76. The fraction of sp³-hybridized carbons (Fsp3) is 0.611. The van der Waals surface area contributed by atoms with E-state index in [-0.39, 0.29) is 17.8 Å². The molecule has 25 heavy (non-hydrogen) atoms. The lowest BCUT2D eigenvalue weighted by molar-refractivity contribution is -0.0504. The average molecular weight is 356 g/mol. The molecule has 0 saturated heterocycles. The van der Waals surface area contributed by atoms with Crippen LogP contribution < -0.4 is 20.7 Å². The number of alkyl halides is 2. The molecule has 0 atom stereocenters. The molecule has 0 heterocycles. The Morgan fingerprint density at radius 2 is 1.92 bits per heavy atom. The van der Waals surface area contributed by atoms with E-state index in [0.29, 0.717) is 24.6 Å². The molecule has 0 spiro atoms. The molecule has 0 bridgehead atoms. The van der Waals surface area contributed by atoms with E-state index >= 15 is 0 Å². The van der Waals surface area contributed by atoms with Crippen LogP contribution >= 0.6 is 0 Å². The van der Waals surface area contributed by atoms with Crippen LogP contribution in [0.2, 0.25) is 0 Å². The van der Waals surface area contributed by atoms with Crippen molar-refractivity contribution in [2.75, 3.05) is 19.6 Å². The van der Waals surface area contributed by atoms with Crippen LogP contribution in [-0.2, 0) is 6.54 Å². The van der Waals surface area contributed by atoms with Gasteiger partial charge >= 0.3 is 6.61 Å². The minimum atomic E-state index is -2.85. The highest BCUT2D eigenvalue weighted by atomic mass is 19.3. The summed E-state index contributed by atoms with van der Waals surface area (Å²) in [4.78, 5) is 4.47. The lowest BCUT2D eigenvalue weighted by atomic mass is 10.1. The zero-order valence-electron chi connectivity index (χ0n) is 15.7. The Morgan fingerprint density at radius 3 is 2.52 bits per heavy atom. The Morgan fingerprint density at radius 1 is 1.20 bits per heavy atom. The van der Waals surface area contributed by atoms with Gasteiger partial charge in [0.2, 0.25) is 0 Å². The Hall–Kier alpha value is -1.89. The zero-order valence-corrected chi connectivity index (χ0v) is 15.7. The summed E-state index contributed by atoms with van der Waals surface area (Å²) < 4.78 is 29.6. The first-order chi connectivity index (χ1) is 11.7. The molecule has 1 rings (SSSR count). The molecule has 5 nitrogen and oxygen atoms in total. The minimum Gasteiger partial charge on any atom is -0.434 e. The van der Waals surface area contributed by atoms with E-state index in [9.17, 15) is 8.78 Å². The highest BCUT2D eigenvalue weighted by Crippen LogP contribution is 2.22. The van der Waals surface area contributed by atoms with Crippen molar-refractivity contribution in [3.63, 3.8) is 0 Å². The van der Waals surface area contributed by atoms with E-state index in [1.165, 1.54) is 0 Å². The molecule has 0 radical (unpaired) electrons. The molecule has 0 saturated carbocycles. The van der Waals surface area contributed by atoms with Crippen LogP contribution in [0.1, 0.15) is 38.8 Å². The minimum absolute atomic E-state index is 0.0558. The van der Waals surface area contributed by atoms with Gasteiger partial charge in [0.1, 0.15) is 5.75 Å². The molecule has 1 aromatic carbocycles. The maximum Gasteiger partial charge on any atom is 0.387 e. The number of guanidine groups is 1. The lowest BCUT2D eigenvalue weighted by Crippen LogP contribution is -2.44. The van der Waals surface area contributed by atoms with Gasteiger partial charge in [0, 0.05) is 30.7 Å². The molecule has 0 aliphatic rings. The molecule has 3 N–H and O–H groups in total. The van der Waals surface area contributed by atoms with Crippen LogP contribution in [0.5, 0.6) is 5.75 Å². The summed E-state index contributed by atoms with van der Waals surface area (Å²) in [6, 6.07) is 5.11. The number of halogens is 2. The van der Waals surface area contributed by atoms with Gasteiger partial charge in [0.15, 0.2) is 5.96 Å². The Bertz CT molecular complexity index is 556. The third-order valence-corrected chi connectivity index (χ3v) is 3.26. The number of nitrogens with zero attached hydrogens (tertiary/aromatic N) is 1. The average Bonchev–Trinajstić information content (AvgIpc) is 2.50. The van der Waals surface area contributed by atoms with Gasteiger partial charge in [-0.05, 0) is 40.7 Å². The molecule has 142 valence electrons. The second kappa shape index (κ2) is 10.2. The Balaban J connectivity index is 2.71. The Kier molecular flexibility index (Phi) is 8.61. The van der Waals surface area contributed by atoms with Gasteiger partial charge in [-0.2, -0.15) is 8.78 Å². The van der Waals surface area contributed by atoms with E-state index in [1.807, 2.05) is 19.9 Å². The monoisotopic (exact) mass is 356 g/mol. The number of benzene rings is 1. The SMILES string of the molecule is CCNC(=NCc1cc(C)ccc1OC(F)F)NCCNC(C)(C)C. The summed E-state index contributed by atoms with van der Waals surface area (Å²) in [5.41, 5.74) is 1.66. The fourth-order valence-electron chi connectivity index (χ4n) is 2.17. The van der Waals surface area contributed by atoms with Crippen LogP contribution in [0.3, 0.4) is 0 Å². The number of aryl methyl sites for hydroxylation is 1. The van der Waals surface area contributed by atoms with E-state index in [4.69, 9.17) is 0 Å². The van der Waals surface area contributed by atoms with Crippen molar-refractivity contribution in [2.24, 2.45) is 4.99 Å². The van der Waals surface area contributed by atoms with Gasteiger partial charge in [-0.25, -0.2) is 4.99 Å². The highest BCUT2D eigenvalue weighted by molar-refractivity contribution is 5.79.